The van der Waals surface area contributed by atoms with Gasteiger partial charge >= 0.3 is 0 Å². The van der Waals surface area contributed by atoms with Gasteiger partial charge in [0.2, 0.25) is 5.88 Å². The smallest absolute Gasteiger partial charge is 0.211 e. The molecule has 0 spiro atoms. The standard InChI is InChI=1S/C14H28N2O2Si/c1-12(18-19(6,7)14(2,3)4)9-11-17-13-8-10-15-16(13)5/h8,10,12H,9,11H2,1-7H3. The third-order valence-corrected chi connectivity index (χ3v) is 8.46. The molecule has 0 aliphatic heterocycles. The van der Waals surface area contributed by atoms with E-state index in [-0.39, 0.29) is 11.1 Å². The zero-order chi connectivity index (χ0) is 14.7. The van der Waals surface area contributed by atoms with Gasteiger partial charge in [0.15, 0.2) is 8.32 Å². The van der Waals surface area contributed by atoms with E-state index in [2.05, 4.69) is 45.9 Å². The molecule has 1 aromatic rings. The van der Waals surface area contributed by atoms with Crippen LogP contribution in [0.2, 0.25) is 18.1 Å². The van der Waals surface area contributed by atoms with Crippen LogP contribution in [0.25, 0.3) is 0 Å². The summed E-state index contributed by atoms with van der Waals surface area (Å²) in [6.45, 7) is 14.1. The quantitative estimate of drug-likeness (QED) is 0.749. The Hall–Kier alpha value is -0.813. The monoisotopic (exact) mass is 284 g/mol. The first-order chi connectivity index (χ1) is 8.63. The molecular weight excluding hydrogens is 256 g/mol. The van der Waals surface area contributed by atoms with Crippen LogP contribution in [-0.2, 0) is 11.5 Å². The third kappa shape index (κ3) is 4.65. The average molecular weight is 284 g/mol. The van der Waals surface area contributed by atoms with Gasteiger partial charge in [-0.3, -0.25) is 0 Å². The molecule has 1 rings (SSSR count). The number of aryl methyl sites for hydroxylation is 1. The van der Waals surface area contributed by atoms with Gasteiger partial charge in [-0.05, 0) is 25.1 Å². The van der Waals surface area contributed by atoms with Crippen molar-refractivity contribution in [2.24, 2.45) is 7.05 Å². The van der Waals surface area contributed by atoms with E-state index in [0.29, 0.717) is 6.61 Å². The summed E-state index contributed by atoms with van der Waals surface area (Å²) >= 11 is 0. The highest BCUT2D eigenvalue weighted by molar-refractivity contribution is 6.74. The van der Waals surface area contributed by atoms with Gasteiger partial charge in [0.1, 0.15) is 0 Å². The van der Waals surface area contributed by atoms with Crippen molar-refractivity contribution < 1.29 is 9.16 Å². The SMILES string of the molecule is CC(CCOc1ccnn1C)O[Si](C)(C)C(C)(C)C. The molecule has 0 radical (unpaired) electrons. The summed E-state index contributed by atoms with van der Waals surface area (Å²) < 4.78 is 13.7. The minimum Gasteiger partial charge on any atom is -0.478 e. The van der Waals surface area contributed by atoms with E-state index in [1.807, 2.05) is 13.1 Å². The fraction of sp³-hybridized carbons (Fsp3) is 0.786. The summed E-state index contributed by atoms with van der Waals surface area (Å²) in [5.41, 5.74) is 0. The maximum atomic E-state index is 6.29. The second kappa shape index (κ2) is 6.09. The first-order valence-electron chi connectivity index (χ1n) is 6.92. The van der Waals surface area contributed by atoms with Gasteiger partial charge in [0.05, 0.1) is 12.8 Å². The largest absolute Gasteiger partial charge is 0.478 e. The van der Waals surface area contributed by atoms with Gasteiger partial charge in [-0.25, -0.2) is 4.68 Å². The van der Waals surface area contributed by atoms with Gasteiger partial charge in [-0.15, -0.1) is 0 Å². The minimum atomic E-state index is -1.67. The molecule has 0 saturated carbocycles. The molecule has 0 fully saturated rings. The molecule has 1 aromatic heterocycles. The zero-order valence-electron chi connectivity index (χ0n) is 13.4. The van der Waals surface area contributed by atoms with Crippen LogP contribution in [0, 0.1) is 0 Å². The van der Waals surface area contributed by atoms with Crippen molar-refractivity contribution >= 4 is 8.32 Å². The van der Waals surface area contributed by atoms with E-state index < -0.39 is 8.32 Å². The van der Waals surface area contributed by atoms with Gasteiger partial charge < -0.3 is 9.16 Å². The Bertz CT molecular complexity index is 396. The molecule has 0 aliphatic rings. The minimum absolute atomic E-state index is 0.231. The lowest BCUT2D eigenvalue weighted by molar-refractivity contribution is 0.157. The molecule has 0 aromatic carbocycles. The summed E-state index contributed by atoms with van der Waals surface area (Å²) in [7, 11) is 0.212. The van der Waals surface area contributed by atoms with Crippen LogP contribution in [0.4, 0.5) is 0 Å². The van der Waals surface area contributed by atoms with Crippen molar-refractivity contribution in [3.05, 3.63) is 12.3 Å². The lowest BCUT2D eigenvalue weighted by Gasteiger charge is -2.38. The highest BCUT2D eigenvalue weighted by Crippen LogP contribution is 2.37. The van der Waals surface area contributed by atoms with Crippen molar-refractivity contribution in [1.29, 1.82) is 0 Å². The normalized spacial score (nSPS) is 14.5. The van der Waals surface area contributed by atoms with E-state index in [0.717, 1.165) is 12.3 Å². The van der Waals surface area contributed by atoms with E-state index in [1.165, 1.54) is 0 Å². The number of hydrogen-bond acceptors (Lipinski definition) is 3. The number of rotatable bonds is 6. The highest BCUT2D eigenvalue weighted by Gasteiger charge is 2.38. The fourth-order valence-electron chi connectivity index (χ4n) is 1.57. The summed E-state index contributed by atoms with van der Waals surface area (Å²) in [6.07, 6.45) is 2.87. The molecule has 0 aliphatic carbocycles. The second-order valence-electron chi connectivity index (χ2n) is 6.62. The van der Waals surface area contributed by atoms with Crippen LogP contribution < -0.4 is 4.74 Å². The van der Waals surface area contributed by atoms with Gasteiger partial charge in [-0.2, -0.15) is 5.10 Å². The van der Waals surface area contributed by atoms with Crippen LogP contribution in [0.3, 0.4) is 0 Å². The van der Waals surface area contributed by atoms with Crippen LogP contribution in [0.1, 0.15) is 34.1 Å². The Morgan fingerprint density at radius 2 is 2.00 bits per heavy atom. The Morgan fingerprint density at radius 3 is 2.47 bits per heavy atom. The molecule has 0 N–H and O–H groups in total. The lowest BCUT2D eigenvalue weighted by atomic mass is 10.2. The van der Waals surface area contributed by atoms with E-state index in [1.54, 1.807) is 10.9 Å². The van der Waals surface area contributed by atoms with Crippen LogP contribution in [-0.4, -0.2) is 30.8 Å². The zero-order valence-corrected chi connectivity index (χ0v) is 14.4. The summed E-state index contributed by atoms with van der Waals surface area (Å²) in [4.78, 5) is 0. The van der Waals surface area contributed by atoms with Crippen LogP contribution in [0.15, 0.2) is 12.3 Å². The van der Waals surface area contributed by atoms with Crippen molar-refractivity contribution in [3.8, 4) is 5.88 Å². The molecule has 0 bridgehead atoms. The highest BCUT2D eigenvalue weighted by atomic mass is 28.4. The van der Waals surface area contributed by atoms with Gasteiger partial charge in [-0.1, -0.05) is 20.8 Å². The lowest BCUT2D eigenvalue weighted by Crippen LogP contribution is -2.43. The molecule has 1 atom stereocenters. The molecular formula is C14H28N2O2Si. The second-order valence-corrected chi connectivity index (χ2v) is 11.4. The topological polar surface area (TPSA) is 36.3 Å². The van der Waals surface area contributed by atoms with E-state index in [4.69, 9.17) is 9.16 Å². The maximum Gasteiger partial charge on any atom is 0.211 e. The Balaban J connectivity index is 2.36. The summed E-state index contributed by atoms with van der Waals surface area (Å²) in [5.74, 6) is 0.805. The van der Waals surface area contributed by atoms with Crippen molar-refractivity contribution in [2.45, 2.75) is 58.4 Å². The van der Waals surface area contributed by atoms with Gasteiger partial charge in [0, 0.05) is 25.6 Å². The molecule has 0 saturated heterocycles. The van der Waals surface area contributed by atoms with Crippen LogP contribution in [0.5, 0.6) is 5.88 Å². The molecule has 0 amide bonds. The first kappa shape index (κ1) is 16.2. The Kier molecular flexibility index (Phi) is 5.21. The molecule has 5 heteroatoms. The fourth-order valence-corrected chi connectivity index (χ4v) is 3.05. The summed E-state index contributed by atoms with van der Waals surface area (Å²) in [5, 5.41) is 4.33. The van der Waals surface area contributed by atoms with E-state index >= 15 is 0 Å². The van der Waals surface area contributed by atoms with Crippen molar-refractivity contribution in [1.82, 2.24) is 9.78 Å². The summed E-state index contributed by atoms with van der Waals surface area (Å²) in [6, 6.07) is 1.87. The number of nitrogens with zero attached hydrogens (tertiary/aromatic N) is 2. The molecule has 1 unspecified atom stereocenters. The molecule has 110 valence electrons. The Labute approximate surface area is 118 Å². The number of hydrogen-bond donors (Lipinski definition) is 0. The number of ether oxygens (including phenoxy) is 1. The third-order valence-electron chi connectivity index (χ3n) is 3.85. The number of aromatic nitrogens is 2. The van der Waals surface area contributed by atoms with Crippen molar-refractivity contribution in [3.63, 3.8) is 0 Å². The predicted octanol–water partition coefficient (Wildman–Crippen LogP) is 3.60. The van der Waals surface area contributed by atoms with Gasteiger partial charge in [0.25, 0.3) is 0 Å². The molecule has 4 nitrogen and oxygen atoms in total. The maximum absolute atomic E-state index is 6.29. The average Bonchev–Trinajstić information content (AvgIpc) is 2.62. The molecule has 1 heterocycles. The Morgan fingerprint density at radius 1 is 1.37 bits per heavy atom. The van der Waals surface area contributed by atoms with E-state index in [9.17, 15) is 0 Å². The molecule has 19 heavy (non-hydrogen) atoms. The van der Waals surface area contributed by atoms with Crippen molar-refractivity contribution in [2.75, 3.05) is 6.61 Å². The van der Waals surface area contributed by atoms with Crippen LogP contribution >= 0.6 is 0 Å². The predicted molar refractivity (Wildman–Crippen MR) is 81.1 cm³/mol. The first-order valence-corrected chi connectivity index (χ1v) is 9.83.